The normalized spacial score (nSPS) is 11.5. The summed E-state index contributed by atoms with van der Waals surface area (Å²) in [7, 11) is 0. The molecule has 8 heteroatoms. The van der Waals surface area contributed by atoms with Crippen molar-refractivity contribution >= 4 is 17.7 Å². The van der Waals surface area contributed by atoms with E-state index in [4.69, 9.17) is 0 Å². The molecule has 2 heterocycles. The maximum absolute atomic E-state index is 12.8. The molecule has 1 aromatic carbocycles. The molecule has 3 rings (SSSR count). The van der Waals surface area contributed by atoms with E-state index in [1.165, 1.54) is 11.8 Å². The third-order valence-electron chi connectivity index (χ3n) is 3.77. The summed E-state index contributed by atoms with van der Waals surface area (Å²) in [5.41, 5.74) is 3.33. The molecule has 1 amide bonds. The zero-order valence-electron chi connectivity index (χ0n) is 16.7. The fourth-order valence-electron chi connectivity index (χ4n) is 2.67. The van der Waals surface area contributed by atoms with Crippen molar-refractivity contribution in [2.75, 3.05) is 0 Å². The average molecular weight is 397 g/mol. The smallest absolute Gasteiger partial charge is 0.274 e. The molecule has 1 N–H and O–H groups in total. The van der Waals surface area contributed by atoms with E-state index < -0.39 is 0 Å². The summed E-state index contributed by atoms with van der Waals surface area (Å²) in [6.07, 6.45) is 0. The Kier molecular flexibility index (Phi) is 5.79. The van der Waals surface area contributed by atoms with E-state index in [2.05, 4.69) is 25.6 Å². The average Bonchev–Trinajstić information content (AvgIpc) is 3.02. The van der Waals surface area contributed by atoms with E-state index in [1.54, 1.807) is 4.68 Å². The standard InChI is InChI=1S/C20H24N6OS/c1-13-11-14(2)22-19(21-13)28-12-16-17(18(27)23-20(3,4)5)24-25-26(16)15-9-7-6-8-10-15/h6-11H,12H2,1-5H3,(H,23,27). The minimum atomic E-state index is -0.366. The van der Waals surface area contributed by atoms with Gasteiger partial charge in [0.1, 0.15) is 0 Å². The summed E-state index contributed by atoms with van der Waals surface area (Å²) in [4.78, 5) is 21.7. The van der Waals surface area contributed by atoms with Crippen LogP contribution in [0.3, 0.4) is 0 Å². The van der Waals surface area contributed by atoms with Crippen molar-refractivity contribution in [3.05, 3.63) is 59.2 Å². The number of thioether (sulfide) groups is 1. The van der Waals surface area contributed by atoms with Gasteiger partial charge in [0.2, 0.25) is 0 Å². The van der Waals surface area contributed by atoms with Gasteiger partial charge in [-0.15, -0.1) is 5.10 Å². The lowest BCUT2D eigenvalue weighted by Gasteiger charge is -2.20. The zero-order chi connectivity index (χ0) is 20.3. The number of benzene rings is 1. The van der Waals surface area contributed by atoms with Crippen molar-refractivity contribution in [3.8, 4) is 5.69 Å². The van der Waals surface area contributed by atoms with Crippen molar-refractivity contribution in [2.45, 2.75) is 51.1 Å². The highest BCUT2D eigenvalue weighted by atomic mass is 32.2. The summed E-state index contributed by atoms with van der Waals surface area (Å²) < 4.78 is 1.70. The van der Waals surface area contributed by atoms with Crippen LogP contribution < -0.4 is 5.32 Å². The predicted octanol–water partition coefficient (Wildman–Crippen LogP) is 3.49. The molecule has 3 aromatic rings. The van der Waals surface area contributed by atoms with Gasteiger partial charge in [-0.2, -0.15) is 0 Å². The summed E-state index contributed by atoms with van der Waals surface area (Å²) in [6.45, 7) is 9.69. The molecule has 0 spiro atoms. The number of nitrogens with zero attached hydrogens (tertiary/aromatic N) is 5. The first-order valence-electron chi connectivity index (χ1n) is 9.00. The van der Waals surface area contributed by atoms with Gasteiger partial charge in [0.15, 0.2) is 10.9 Å². The second-order valence-corrected chi connectivity index (χ2v) is 8.50. The van der Waals surface area contributed by atoms with Crippen molar-refractivity contribution in [3.63, 3.8) is 0 Å². The lowest BCUT2D eigenvalue weighted by Crippen LogP contribution is -2.41. The molecule has 7 nitrogen and oxygen atoms in total. The fraction of sp³-hybridized carbons (Fsp3) is 0.350. The Labute approximate surface area is 169 Å². The molecule has 146 valence electrons. The topological polar surface area (TPSA) is 85.6 Å². The van der Waals surface area contributed by atoms with Crippen LogP contribution in [0.2, 0.25) is 0 Å². The molecule has 0 radical (unpaired) electrons. The van der Waals surface area contributed by atoms with Crippen LogP contribution >= 0.6 is 11.8 Å². The summed E-state index contributed by atoms with van der Waals surface area (Å²) >= 11 is 1.46. The van der Waals surface area contributed by atoms with Crippen LogP contribution in [0.1, 0.15) is 48.3 Å². The fourth-order valence-corrected chi connectivity index (χ4v) is 3.62. The molecular weight excluding hydrogens is 372 g/mol. The van der Waals surface area contributed by atoms with Gasteiger partial charge in [0.05, 0.1) is 11.4 Å². The van der Waals surface area contributed by atoms with E-state index >= 15 is 0 Å². The van der Waals surface area contributed by atoms with Crippen LogP contribution in [0.15, 0.2) is 41.6 Å². The lowest BCUT2D eigenvalue weighted by atomic mass is 10.1. The SMILES string of the molecule is Cc1cc(C)nc(SCc2c(C(=O)NC(C)(C)C)nnn2-c2ccccc2)n1. The second kappa shape index (κ2) is 8.10. The molecular formula is C20H24N6OS. The van der Waals surface area contributed by atoms with E-state index in [-0.39, 0.29) is 11.4 Å². The first-order chi connectivity index (χ1) is 13.2. The molecule has 0 atom stereocenters. The monoisotopic (exact) mass is 396 g/mol. The minimum absolute atomic E-state index is 0.244. The number of hydrogen-bond acceptors (Lipinski definition) is 6. The Hall–Kier alpha value is -2.74. The molecule has 2 aromatic heterocycles. The van der Waals surface area contributed by atoms with Crippen LogP contribution in [0, 0.1) is 13.8 Å². The molecule has 0 aliphatic carbocycles. The van der Waals surface area contributed by atoms with Crippen LogP contribution in [-0.2, 0) is 5.75 Å². The zero-order valence-corrected chi connectivity index (χ0v) is 17.5. The van der Waals surface area contributed by atoms with Gasteiger partial charge in [0.25, 0.3) is 5.91 Å². The van der Waals surface area contributed by atoms with E-state index in [0.717, 1.165) is 17.1 Å². The molecule has 28 heavy (non-hydrogen) atoms. The lowest BCUT2D eigenvalue weighted by molar-refractivity contribution is 0.0913. The molecule has 0 aliphatic heterocycles. The second-order valence-electron chi connectivity index (χ2n) is 7.56. The number of amides is 1. The summed E-state index contributed by atoms with van der Waals surface area (Å²) in [6, 6.07) is 11.6. The number of aromatic nitrogens is 5. The maximum Gasteiger partial charge on any atom is 0.274 e. The number of carbonyl (C=O) groups is 1. The van der Waals surface area contributed by atoms with Crippen molar-refractivity contribution in [1.29, 1.82) is 0 Å². The number of nitrogens with one attached hydrogen (secondary N) is 1. The quantitative estimate of drug-likeness (QED) is 0.525. The largest absolute Gasteiger partial charge is 0.346 e. The molecule has 0 bridgehead atoms. The van der Waals surface area contributed by atoms with Gasteiger partial charge in [-0.1, -0.05) is 35.2 Å². The third-order valence-corrected chi connectivity index (χ3v) is 4.63. The Morgan fingerprint density at radius 3 is 2.36 bits per heavy atom. The highest BCUT2D eigenvalue weighted by molar-refractivity contribution is 7.98. The van der Waals surface area contributed by atoms with Gasteiger partial charge >= 0.3 is 0 Å². The van der Waals surface area contributed by atoms with Gasteiger partial charge < -0.3 is 5.32 Å². The number of rotatable bonds is 5. The summed E-state index contributed by atoms with van der Waals surface area (Å²) in [5, 5.41) is 12.0. The van der Waals surface area contributed by atoms with E-state index in [9.17, 15) is 4.79 Å². The van der Waals surface area contributed by atoms with Crippen LogP contribution in [0.25, 0.3) is 5.69 Å². The van der Waals surface area contributed by atoms with Gasteiger partial charge in [-0.3, -0.25) is 4.79 Å². The van der Waals surface area contributed by atoms with Crippen LogP contribution in [0.4, 0.5) is 0 Å². The van der Waals surface area contributed by atoms with E-state index in [0.29, 0.717) is 22.3 Å². The highest BCUT2D eigenvalue weighted by Crippen LogP contribution is 2.24. The van der Waals surface area contributed by atoms with Gasteiger partial charge in [0, 0.05) is 22.7 Å². The Bertz CT molecular complexity index is 958. The summed E-state index contributed by atoms with van der Waals surface area (Å²) in [5.74, 6) is 0.226. The van der Waals surface area contributed by atoms with Crippen LogP contribution in [0.5, 0.6) is 0 Å². The first-order valence-corrected chi connectivity index (χ1v) is 9.99. The number of carbonyl (C=O) groups excluding carboxylic acids is 1. The molecule has 0 fully saturated rings. The van der Waals surface area contributed by atoms with Gasteiger partial charge in [-0.25, -0.2) is 14.6 Å². The van der Waals surface area contributed by atoms with Crippen molar-refractivity contribution in [1.82, 2.24) is 30.3 Å². The minimum Gasteiger partial charge on any atom is -0.346 e. The number of para-hydroxylation sites is 1. The molecule has 0 unspecified atom stereocenters. The maximum atomic E-state index is 12.8. The first kappa shape index (κ1) is 20.0. The molecule has 0 aliphatic rings. The van der Waals surface area contributed by atoms with Crippen molar-refractivity contribution in [2.24, 2.45) is 0 Å². The number of hydrogen-bond donors (Lipinski definition) is 1. The predicted molar refractivity (Wildman–Crippen MR) is 110 cm³/mol. The van der Waals surface area contributed by atoms with Gasteiger partial charge in [-0.05, 0) is 52.8 Å². The van der Waals surface area contributed by atoms with E-state index in [1.807, 2.05) is 71.0 Å². The highest BCUT2D eigenvalue weighted by Gasteiger charge is 2.24. The molecule has 0 saturated heterocycles. The molecule has 0 saturated carbocycles. The third kappa shape index (κ3) is 4.95. The number of aryl methyl sites for hydroxylation is 2. The Morgan fingerprint density at radius 1 is 1.11 bits per heavy atom. The van der Waals surface area contributed by atoms with Crippen molar-refractivity contribution < 1.29 is 4.79 Å². The Balaban J connectivity index is 1.95. The Morgan fingerprint density at radius 2 is 1.75 bits per heavy atom. The van der Waals surface area contributed by atoms with Crippen LogP contribution in [-0.4, -0.2) is 36.4 Å².